The van der Waals surface area contributed by atoms with E-state index in [9.17, 15) is 18.0 Å². The Labute approximate surface area is 329 Å². The lowest BCUT2D eigenvalue weighted by atomic mass is 10.0. The van der Waals surface area contributed by atoms with Gasteiger partial charge < -0.3 is 10.2 Å². The highest BCUT2D eigenvalue weighted by molar-refractivity contribution is 7.90. The van der Waals surface area contributed by atoms with E-state index in [0.29, 0.717) is 60.8 Å². The average Bonchev–Trinajstić information content (AvgIpc) is 3.84. The summed E-state index contributed by atoms with van der Waals surface area (Å²) in [6, 6.07) is 7.62. The van der Waals surface area contributed by atoms with Gasteiger partial charge in [0.05, 0.1) is 39.8 Å². The zero-order chi connectivity index (χ0) is 39.3. The van der Waals surface area contributed by atoms with E-state index in [0.717, 1.165) is 78.6 Å². The molecule has 1 aliphatic carbocycles. The molecule has 3 saturated heterocycles. The highest BCUT2D eigenvalue weighted by atomic mass is 32.2. The number of amides is 3. The Hall–Kier alpha value is -5.60. The fourth-order valence-electron chi connectivity index (χ4n) is 7.81. The topological polar surface area (TPSA) is 205 Å². The van der Waals surface area contributed by atoms with E-state index in [-0.39, 0.29) is 23.6 Å². The average molecular weight is 796 g/mol. The number of hydrogen-bond acceptors (Lipinski definition) is 15. The van der Waals surface area contributed by atoms with Crippen LogP contribution in [0, 0.1) is 0 Å². The summed E-state index contributed by atoms with van der Waals surface area (Å²) in [6.07, 6.45) is 10.1. The van der Waals surface area contributed by atoms with Crippen LogP contribution >= 0.6 is 0 Å². The first-order chi connectivity index (χ1) is 27.6. The van der Waals surface area contributed by atoms with E-state index in [1.807, 2.05) is 23.0 Å². The van der Waals surface area contributed by atoms with Gasteiger partial charge >= 0.3 is 6.03 Å². The number of fused-ring (bicyclic) bond motifs is 1. The number of imide groups is 1. The predicted octanol–water partition coefficient (Wildman–Crippen LogP) is 2.77. The van der Waals surface area contributed by atoms with Crippen LogP contribution in [0.3, 0.4) is 0 Å². The highest BCUT2D eigenvalue weighted by Crippen LogP contribution is 2.33. The summed E-state index contributed by atoms with van der Waals surface area (Å²) in [6.45, 7) is 10.9. The molecule has 0 unspecified atom stereocenters. The first-order valence-electron chi connectivity index (χ1n) is 19.5. The minimum absolute atomic E-state index is 0.131. The van der Waals surface area contributed by atoms with Crippen LogP contribution in [-0.2, 0) is 21.4 Å². The van der Waals surface area contributed by atoms with Crippen LogP contribution in [0.4, 0.5) is 28.1 Å². The quantitative estimate of drug-likeness (QED) is 0.197. The Morgan fingerprint density at radius 3 is 2.44 bits per heavy atom. The zero-order valence-corrected chi connectivity index (χ0v) is 32.7. The third-order valence-corrected chi connectivity index (χ3v) is 13.1. The second-order valence-electron chi connectivity index (χ2n) is 15.4. The van der Waals surface area contributed by atoms with Gasteiger partial charge in [0, 0.05) is 89.3 Å². The Balaban J connectivity index is 0.804. The molecule has 298 valence electrons. The van der Waals surface area contributed by atoms with E-state index in [1.54, 1.807) is 18.3 Å². The lowest BCUT2D eigenvalue weighted by Crippen LogP contribution is -2.53. The van der Waals surface area contributed by atoms with Gasteiger partial charge in [-0.25, -0.2) is 28.2 Å². The van der Waals surface area contributed by atoms with Gasteiger partial charge in [-0.05, 0) is 57.7 Å². The summed E-state index contributed by atoms with van der Waals surface area (Å²) in [5.41, 5.74) is 2.35. The molecule has 5 aromatic heterocycles. The number of nitrogens with zero attached hydrogens (tertiary/aromatic N) is 13. The standard InChI is InChI=1S/C37H45N15O4S/c1-24(2)52-30-19-32(41-31-7-11-38-35(42-31)25-20-40-51(22-25)57(55,56)28-4-5-28)39-21-29(30)36(46-52)49-12-8-27(9-13-49)48-17-15-47(16-18-48)23-26-3-6-33(45-44-26)50-14-10-34(53)43-37(50)54/h3,6-7,11,19-22,24,27-28H,4-5,8-10,12-18,23H2,1-2H3,(H,43,53,54)(H,38,39,41,42). The van der Waals surface area contributed by atoms with Crippen molar-refractivity contribution in [1.29, 1.82) is 0 Å². The number of carbonyl (C=O) groups is 2. The molecule has 3 amide bonds. The molecule has 9 rings (SSSR count). The molecule has 3 aliphatic heterocycles. The van der Waals surface area contributed by atoms with E-state index in [2.05, 4.69) is 64.4 Å². The zero-order valence-electron chi connectivity index (χ0n) is 31.9. The van der Waals surface area contributed by atoms with Crippen molar-refractivity contribution in [2.75, 3.05) is 60.9 Å². The third kappa shape index (κ3) is 7.63. The van der Waals surface area contributed by atoms with E-state index >= 15 is 0 Å². The van der Waals surface area contributed by atoms with Gasteiger partial charge in [0.2, 0.25) is 5.91 Å². The van der Waals surface area contributed by atoms with Gasteiger partial charge in [-0.2, -0.15) is 19.4 Å². The summed E-state index contributed by atoms with van der Waals surface area (Å²) in [7, 11) is -3.48. The van der Waals surface area contributed by atoms with Crippen LogP contribution in [0.1, 0.15) is 57.7 Å². The van der Waals surface area contributed by atoms with Crippen LogP contribution in [0.2, 0.25) is 0 Å². The normalized spacial score (nSPS) is 19.1. The maximum atomic E-state index is 12.6. The van der Waals surface area contributed by atoms with Gasteiger partial charge in [0.25, 0.3) is 10.0 Å². The number of piperazine rings is 1. The number of aromatic nitrogens is 9. The van der Waals surface area contributed by atoms with Gasteiger partial charge in [-0.15, -0.1) is 5.10 Å². The van der Waals surface area contributed by atoms with Crippen LogP contribution in [0.25, 0.3) is 22.3 Å². The molecule has 0 atom stereocenters. The maximum absolute atomic E-state index is 12.6. The van der Waals surface area contributed by atoms with Crippen molar-refractivity contribution in [3.05, 3.63) is 54.7 Å². The molecule has 1 saturated carbocycles. The monoisotopic (exact) mass is 795 g/mol. The van der Waals surface area contributed by atoms with E-state index < -0.39 is 16.1 Å². The highest BCUT2D eigenvalue weighted by Gasteiger charge is 2.38. The van der Waals surface area contributed by atoms with Crippen molar-refractivity contribution in [3.63, 3.8) is 0 Å². The second-order valence-corrected chi connectivity index (χ2v) is 17.4. The molecular formula is C37H45N15O4S. The Morgan fingerprint density at radius 1 is 0.912 bits per heavy atom. The summed E-state index contributed by atoms with van der Waals surface area (Å²) in [5, 5.41) is 24.1. The Kier molecular flexibility index (Phi) is 9.77. The first kappa shape index (κ1) is 37.0. The lowest BCUT2D eigenvalue weighted by molar-refractivity contribution is -0.120. The SMILES string of the molecule is CC(C)n1nc(N2CCC(N3CCN(Cc4ccc(N5CCC(=O)NC5=O)nn4)CC3)CC2)c2cnc(Nc3ccnc(-c4cnn(S(=O)(=O)C5CC5)c4)n3)cc21. The molecule has 0 spiro atoms. The number of urea groups is 1. The first-order valence-corrected chi connectivity index (χ1v) is 21.0. The van der Waals surface area contributed by atoms with Gasteiger partial charge in [-0.3, -0.25) is 29.5 Å². The number of piperidine rings is 1. The number of pyridine rings is 1. The summed E-state index contributed by atoms with van der Waals surface area (Å²) in [4.78, 5) is 46.2. The van der Waals surface area contributed by atoms with Crippen molar-refractivity contribution >= 4 is 56.1 Å². The maximum Gasteiger partial charge on any atom is 0.329 e. The van der Waals surface area contributed by atoms with Crippen molar-refractivity contribution in [2.24, 2.45) is 0 Å². The van der Waals surface area contributed by atoms with Crippen molar-refractivity contribution < 1.29 is 18.0 Å². The minimum Gasteiger partial charge on any atom is -0.354 e. The van der Waals surface area contributed by atoms with E-state index in [4.69, 9.17) is 10.1 Å². The lowest BCUT2D eigenvalue weighted by Gasteiger charge is -2.42. The van der Waals surface area contributed by atoms with Gasteiger partial charge in [0.1, 0.15) is 11.6 Å². The molecule has 2 N–H and O–H groups in total. The molecule has 0 aromatic carbocycles. The molecule has 19 nitrogen and oxygen atoms in total. The van der Waals surface area contributed by atoms with Crippen molar-refractivity contribution in [1.82, 2.24) is 59.2 Å². The summed E-state index contributed by atoms with van der Waals surface area (Å²) >= 11 is 0. The van der Waals surface area contributed by atoms with Gasteiger partial charge in [-0.1, -0.05) is 0 Å². The predicted molar refractivity (Wildman–Crippen MR) is 211 cm³/mol. The molecule has 4 fully saturated rings. The van der Waals surface area contributed by atoms with Gasteiger partial charge in [0.15, 0.2) is 17.5 Å². The Bertz CT molecular complexity index is 2400. The number of nitrogens with one attached hydrogen (secondary N) is 2. The molecular weight excluding hydrogens is 751 g/mol. The summed E-state index contributed by atoms with van der Waals surface area (Å²) in [5.74, 6) is 2.62. The van der Waals surface area contributed by atoms with E-state index in [1.165, 1.54) is 17.3 Å². The van der Waals surface area contributed by atoms with Crippen LogP contribution in [0.15, 0.2) is 49.1 Å². The third-order valence-electron chi connectivity index (χ3n) is 11.1. The molecule has 5 aromatic rings. The van der Waals surface area contributed by atoms with Crippen molar-refractivity contribution in [2.45, 2.75) is 69.8 Å². The largest absolute Gasteiger partial charge is 0.354 e. The number of hydrogen-bond donors (Lipinski definition) is 2. The minimum atomic E-state index is -3.48. The second kappa shape index (κ2) is 15.1. The smallest absolute Gasteiger partial charge is 0.329 e. The van der Waals surface area contributed by atoms with Crippen molar-refractivity contribution in [3.8, 4) is 11.4 Å². The van der Waals surface area contributed by atoms with Crippen LogP contribution in [-0.4, -0.2) is 131 Å². The Morgan fingerprint density at radius 2 is 1.72 bits per heavy atom. The molecule has 0 bridgehead atoms. The molecule has 0 radical (unpaired) electrons. The molecule has 4 aliphatic rings. The molecule has 8 heterocycles. The number of carbonyl (C=O) groups excluding carboxylic acids is 2. The van der Waals surface area contributed by atoms with Crippen LogP contribution < -0.4 is 20.4 Å². The molecule has 57 heavy (non-hydrogen) atoms. The fourth-order valence-corrected chi connectivity index (χ4v) is 9.29. The number of anilines is 4. The summed E-state index contributed by atoms with van der Waals surface area (Å²) < 4.78 is 28.3. The number of rotatable bonds is 11. The fraction of sp³-hybridized carbons (Fsp3) is 0.486. The molecule has 20 heteroatoms. The van der Waals surface area contributed by atoms with Crippen LogP contribution in [0.5, 0.6) is 0 Å².